The summed E-state index contributed by atoms with van der Waals surface area (Å²) in [6.45, 7) is -0.831. The fourth-order valence-electron chi connectivity index (χ4n) is 2.50. The van der Waals surface area contributed by atoms with Crippen molar-refractivity contribution in [3.63, 3.8) is 0 Å². The van der Waals surface area contributed by atoms with Crippen LogP contribution in [0.25, 0.3) is 0 Å². The lowest BCUT2D eigenvalue weighted by molar-refractivity contribution is -0.144. The second-order valence-corrected chi connectivity index (χ2v) is 5.51. The van der Waals surface area contributed by atoms with Crippen LogP contribution in [0.5, 0.6) is 0 Å². The molecule has 0 aromatic heterocycles. The van der Waals surface area contributed by atoms with Gasteiger partial charge in [-0.15, -0.1) is 0 Å². The maximum absolute atomic E-state index is 12.9. The average molecular weight is 332 g/mol. The van der Waals surface area contributed by atoms with Crippen molar-refractivity contribution in [3.8, 4) is 0 Å². The van der Waals surface area contributed by atoms with Gasteiger partial charge in [0.05, 0.1) is 6.61 Å². The van der Waals surface area contributed by atoms with E-state index >= 15 is 0 Å². The molecule has 0 amide bonds. The third-order valence-electron chi connectivity index (χ3n) is 3.93. The van der Waals surface area contributed by atoms with Gasteiger partial charge in [0.2, 0.25) is 5.78 Å². The molecule has 0 heterocycles. The highest BCUT2D eigenvalue weighted by Crippen LogP contribution is 2.32. The van der Waals surface area contributed by atoms with E-state index < -0.39 is 36.3 Å². The van der Waals surface area contributed by atoms with Gasteiger partial charge in [0.15, 0.2) is 5.60 Å². The summed E-state index contributed by atoms with van der Waals surface area (Å²) in [6.07, 6.45) is -5.68. The number of hydrogen-bond donors (Lipinski definition) is 5. The smallest absolute Gasteiger partial charge is 0.201 e. The van der Waals surface area contributed by atoms with Crippen molar-refractivity contribution in [2.45, 2.75) is 23.9 Å². The summed E-state index contributed by atoms with van der Waals surface area (Å²) >= 11 is 0. The molecule has 6 heteroatoms. The van der Waals surface area contributed by atoms with Crippen LogP contribution in [0.15, 0.2) is 60.7 Å². The zero-order valence-corrected chi connectivity index (χ0v) is 12.9. The van der Waals surface area contributed by atoms with Crippen LogP contribution < -0.4 is 0 Å². The van der Waals surface area contributed by atoms with E-state index in [9.17, 15) is 25.2 Å². The standard InChI is InChI=1S/C18H20O6/c19-11-14(20)15(21)17(23)18(24,13-9-5-2-6-10-13)16(22)12-7-3-1-4-8-12/h1-10,14-15,17,19-21,23-24H,11H2/t14-,15-,17+,18-/m1/s1. The monoisotopic (exact) mass is 332 g/mol. The highest BCUT2D eigenvalue weighted by Gasteiger charge is 2.49. The molecule has 0 radical (unpaired) electrons. The molecule has 2 aromatic carbocycles. The summed E-state index contributed by atoms with van der Waals surface area (Å²) in [7, 11) is 0. The number of hydrogen-bond acceptors (Lipinski definition) is 6. The molecule has 24 heavy (non-hydrogen) atoms. The Hall–Kier alpha value is -2.09. The number of rotatable bonds is 7. The fraction of sp³-hybridized carbons (Fsp3) is 0.278. The Morgan fingerprint density at radius 2 is 1.42 bits per heavy atom. The van der Waals surface area contributed by atoms with Crippen molar-refractivity contribution in [1.82, 2.24) is 0 Å². The molecule has 6 nitrogen and oxygen atoms in total. The molecule has 0 fully saturated rings. The van der Waals surface area contributed by atoms with Crippen molar-refractivity contribution in [3.05, 3.63) is 71.8 Å². The first-order chi connectivity index (χ1) is 11.4. The Labute approximate surface area is 139 Å². The number of benzene rings is 2. The van der Waals surface area contributed by atoms with E-state index in [1.54, 1.807) is 36.4 Å². The van der Waals surface area contributed by atoms with Crippen LogP contribution in [0.2, 0.25) is 0 Å². The van der Waals surface area contributed by atoms with Crippen LogP contribution in [0, 0.1) is 0 Å². The van der Waals surface area contributed by atoms with Gasteiger partial charge in [0, 0.05) is 5.56 Å². The lowest BCUT2D eigenvalue weighted by Gasteiger charge is -2.36. The molecule has 0 unspecified atom stereocenters. The molecule has 0 saturated carbocycles. The molecule has 4 atom stereocenters. The Morgan fingerprint density at radius 3 is 1.92 bits per heavy atom. The largest absolute Gasteiger partial charge is 0.394 e. The van der Waals surface area contributed by atoms with Gasteiger partial charge in [0.1, 0.15) is 18.3 Å². The van der Waals surface area contributed by atoms with Crippen LogP contribution in [-0.2, 0) is 5.60 Å². The summed E-state index contributed by atoms with van der Waals surface area (Å²) in [5, 5.41) is 50.0. The van der Waals surface area contributed by atoms with Gasteiger partial charge in [-0.2, -0.15) is 0 Å². The number of aliphatic hydroxyl groups excluding tert-OH is 4. The minimum absolute atomic E-state index is 0.0653. The molecule has 0 aliphatic heterocycles. The molecular weight excluding hydrogens is 312 g/mol. The predicted molar refractivity (Wildman–Crippen MR) is 86.2 cm³/mol. The average Bonchev–Trinajstić information content (AvgIpc) is 2.66. The Morgan fingerprint density at radius 1 is 0.917 bits per heavy atom. The maximum Gasteiger partial charge on any atom is 0.201 e. The molecule has 0 aliphatic carbocycles. The highest BCUT2D eigenvalue weighted by molar-refractivity contribution is 6.03. The zero-order chi connectivity index (χ0) is 17.7. The Kier molecular flexibility index (Phi) is 5.82. The molecule has 2 aromatic rings. The van der Waals surface area contributed by atoms with Crippen LogP contribution in [0.1, 0.15) is 15.9 Å². The Balaban J connectivity index is 2.52. The summed E-state index contributed by atoms with van der Waals surface area (Å²) in [5.74, 6) is -0.828. The number of carbonyl (C=O) groups excluding carboxylic acids is 1. The number of Topliss-reactive ketones (excluding diaryl/α,β-unsaturated/α-hetero) is 1. The first-order valence-corrected chi connectivity index (χ1v) is 7.45. The van der Waals surface area contributed by atoms with Gasteiger partial charge in [-0.3, -0.25) is 4.79 Å². The SMILES string of the molecule is O=C(c1ccccc1)[C@](O)(c1ccccc1)[C@@H](O)[C@H](O)[C@H](O)CO. The molecule has 128 valence electrons. The van der Waals surface area contributed by atoms with Crippen molar-refractivity contribution < 1.29 is 30.3 Å². The van der Waals surface area contributed by atoms with Crippen LogP contribution in [-0.4, -0.2) is 56.2 Å². The van der Waals surface area contributed by atoms with Gasteiger partial charge in [-0.1, -0.05) is 60.7 Å². The first kappa shape index (κ1) is 18.3. The third-order valence-corrected chi connectivity index (χ3v) is 3.93. The maximum atomic E-state index is 12.9. The summed E-state index contributed by atoms with van der Waals surface area (Å²) < 4.78 is 0. The van der Waals surface area contributed by atoms with Gasteiger partial charge in [-0.25, -0.2) is 0 Å². The lowest BCUT2D eigenvalue weighted by atomic mass is 9.78. The van der Waals surface area contributed by atoms with E-state index in [-0.39, 0.29) is 11.1 Å². The minimum atomic E-state index is -2.49. The Bertz CT molecular complexity index is 660. The summed E-state index contributed by atoms with van der Waals surface area (Å²) in [6, 6.07) is 15.5. The van der Waals surface area contributed by atoms with Crippen molar-refractivity contribution >= 4 is 5.78 Å². The summed E-state index contributed by atoms with van der Waals surface area (Å²) in [4.78, 5) is 12.9. The summed E-state index contributed by atoms with van der Waals surface area (Å²) in [5.41, 5.74) is -2.29. The van der Waals surface area contributed by atoms with Crippen molar-refractivity contribution in [2.24, 2.45) is 0 Å². The molecule has 2 rings (SSSR count). The van der Waals surface area contributed by atoms with Gasteiger partial charge in [0.25, 0.3) is 0 Å². The third kappa shape index (κ3) is 3.38. The van der Waals surface area contributed by atoms with E-state index in [4.69, 9.17) is 5.11 Å². The lowest BCUT2D eigenvalue weighted by Crippen LogP contribution is -2.55. The molecule has 0 aliphatic rings. The normalized spacial score (nSPS) is 17.5. The van der Waals surface area contributed by atoms with E-state index in [0.29, 0.717) is 0 Å². The van der Waals surface area contributed by atoms with E-state index in [1.807, 2.05) is 0 Å². The predicted octanol–water partition coefficient (Wildman–Crippen LogP) is -0.168. The van der Waals surface area contributed by atoms with Gasteiger partial charge < -0.3 is 25.5 Å². The topological polar surface area (TPSA) is 118 Å². The van der Waals surface area contributed by atoms with Gasteiger partial charge in [-0.05, 0) is 5.56 Å². The van der Waals surface area contributed by atoms with E-state index in [0.717, 1.165) is 0 Å². The fourth-order valence-corrected chi connectivity index (χ4v) is 2.50. The first-order valence-electron chi connectivity index (χ1n) is 7.45. The number of aliphatic hydroxyl groups is 5. The zero-order valence-electron chi connectivity index (χ0n) is 12.9. The molecule has 0 bridgehead atoms. The number of carbonyl (C=O) groups is 1. The minimum Gasteiger partial charge on any atom is -0.394 e. The van der Waals surface area contributed by atoms with Crippen LogP contribution >= 0.6 is 0 Å². The number of ketones is 1. The molecule has 5 N–H and O–H groups in total. The van der Waals surface area contributed by atoms with Crippen molar-refractivity contribution in [1.29, 1.82) is 0 Å². The second kappa shape index (κ2) is 7.65. The quantitative estimate of drug-likeness (QED) is 0.449. The second-order valence-electron chi connectivity index (χ2n) is 5.51. The van der Waals surface area contributed by atoms with E-state index in [1.165, 1.54) is 24.3 Å². The molecule has 0 saturated heterocycles. The van der Waals surface area contributed by atoms with Gasteiger partial charge >= 0.3 is 0 Å². The highest BCUT2D eigenvalue weighted by atomic mass is 16.4. The van der Waals surface area contributed by atoms with E-state index in [2.05, 4.69) is 0 Å². The molecular formula is C18H20O6. The van der Waals surface area contributed by atoms with Crippen LogP contribution in [0.4, 0.5) is 0 Å². The molecule has 0 spiro atoms. The van der Waals surface area contributed by atoms with Crippen LogP contribution in [0.3, 0.4) is 0 Å². The van der Waals surface area contributed by atoms with Crippen molar-refractivity contribution in [2.75, 3.05) is 6.61 Å².